The molecule has 88 valence electrons. The van der Waals surface area contributed by atoms with Gasteiger partial charge in [0.15, 0.2) is 5.69 Å². The van der Waals surface area contributed by atoms with Crippen molar-refractivity contribution in [2.75, 3.05) is 5.32 Å². The Labute approximate surface area is 102 Å². The molecule has 2 aromatic rings. The minimum atomic E-state index is -1.02. The third kappa shape index (κ3) is 2.79. The zero-order chi connectivity index (χ0) is 12.3. The first-order valence-corrected chi connectivity index (χ1v) is 5.83. The number of nitrogens with zero attached hydrogens (tertiary/aromatic N) is 2. The van der Waals surface area contributed by atoms with E-state index in [-0.39, 0.29) is 5.69 Å². The van der Waals surface area contributed by atoms with Gasteiger partial charge in [0.1, 0.15) is 5.00 Å². The van der Waals surface area contributed by atoms with Gasteiger partial charge in [-0.2, -0.15) is 0 Å². The molecule has 0 aliphatic carbocycles. The number of nitrogens with one attached hydrogen (secondary N) is 1. The third-order valence-electron chi connectivity index (χ3n) is 2.09. The summed E-state index contributed by atoms with van der Waals surface area (Å²) in [6.07, 6.45) is 1.70. The minimum Gasteiger partial charge on any atom is -0.476 e. The average molecular weight is 249 g/mol. The molecule has 0 saturated carbocycles. The average Bonchev–Trinajstić information content (AvgIpc) is 2.69. The maximum atomic E-state index is 10.9. The van der Waals surface area contributed by atoms with Crippen molar-refractivity contribution in [1.29, 1.82) is 0 Å². The van der Waals surface area contributed by atoms with Gasteiger partial charge in [-0.05, 0) is 19.1 Å². The molecule has 0 spiro atoms. The Bertz CT molecular complexity index is 525. The number of carboxylic acid groups (broad SMARTS) is 1. The summed E-state index contributed by atoms with van der Waals surface area (Å²) >= 11 is 1.33. The molecule has 0 aromatic carbocycles. The minimum absolute atomic E-state index is 0.0726. The number of hydrogen-bond acceptors (Lipinski definition) is 5. The van der Waals surface area contributed by atoms with E-state index < -0.39 is 5.97 Å². The first-order chi connectivity index (χ1) is 8.16. The topological polar surface area (TPSA) is 75.1 Å². The van der Waals surface area contributed by atoms with E-state index in [1.807, 2.05) is 18.2 Å². The molecule has 2 aromatic heterocycles. The summed E-state index contributed by atoms with van der Waals surface area (Å²) in [4.78, 5) is 19.0. The highest BCUT2D eigenvalue weighted by Crippen LogP contribution is 2.24. The van der Waals surface area contributed by atoms with E-state index in [1.165, 1.54) is 11.3 Å². The Hall–Kier alpha value is -1.95. The molecule has 0 atom stereocenters. The second kappa shape index (κ2) is 4.92. The van der Waals surface area contributed by atoms with Crippen LogP contribution in [-0.4, -0.2) is 21.0 Å². The van der Waals surface area contributed by atoms with Gasteiger partial charge in [-0.1, -0.05) is 6.07 Å². The summed E-state index contributed by atoms with van der Waals surface area (Å²) in [5.74, 6) is -1.02. The molecule has 0 aliphatic rings. The number of carbonyl (C=O) groups is 1. The molecule has 0 amide bonds. The predicted molar refractivity (Wildman–Crippen MR) is 65.4 cm³/mol. The van der Waals surface area contributed by atoms with Crippen LogP contribution < -0.4 is 5.32 Å². The molecule has 0 aliphatic heterocycles. The van der Waals surface area contributed by atoms with E-state index in [0.29, 0.717) is 11.5 Å². The number of thiazole rings is 1. The largest absolute Gasteiger partial charge is 0.476 e. The first kappa shape index (κ1) is 11.5. The fraction of sp³-hybridized carbons (Fsp3) is 0.182. The van der Waals surface area contributed by atoms with Crippen molar-refractivity contribution in [3.8, 4) is 0 Å². The van der Waals surface area contributed by atoms with Gasteiger partial charge in [-0.15, -0.1) is 11.3 Å². The number of carboxylic acids is 1. The van der Waals surface area contributed by atoms with Gasteiger partial charge in [0.05, 0.1) is 17.2 Å². The fourth-order valence-electron chi connectivity index (χ4n) is 1.37. The van der Waals surface area contributed by atoms with Crippen molar-refractivity contribution in [2.24, 2.45) is 0 Å². The Morgan fingerprint density at radius 1 is 1.53 bits per heavy atom. The second-order valence-corrected chi connectivity index (χ2v) is 4.59. The van der Waals surface area contributed by atoms with E-state index in [1.54, 1.807) is 13.1 Å². The number of rotatable bonds is 4. The maximum absolute atomic E-state index is 10.9. The summed E-state index contributed by atoms with van der Waals surface area (Å²) < 4.78 is 0. The zero-order valence-corrected chi connectivity index (χ0v) is 9.99. The van der Waals surface area contributed by atoms with E-state index >= 15 is 0 Å². The van der Waals surface area contributed by atoms with Gasteiger partial charge in [0.25, 0.3) is 0 Å². The molecule has 0 fully saturated rings. The monoisotopic (exact) mass is 249 g/mol. The van der Waals surface area contributed by atoms with Crippen LogP contribution in [0.5, 0.6) is 0 Å². The number of hydrogen-bond donors (Lipinski definition) is 2. The van der Waals surface area contributed by atoms with Gasteiger partial charge in [0, 0.05) is 6.20 Å². The molecule has 6 heteroatoms. The summed E-state index contributed by atoms with van der Waals surface area (Å²) in [5, 5.41) is 13.3. The van der Waals surface area contributed by atoms with Crippen molar-refractivity contribution >= 4 is 22.3 Å². The SMILES string of the molecule is Cc1nc(C(=O)O)c(NCc2ccccn2)s1. The van der Waals surface area contributed by atoms with Gasteiger partial charge in [-0.25, -0.2) is 9.78 Å². The van der Waals surface area contributed by atoms with Gasteiger partial charge in [-0.3, -0.25) is 4.98 Å². The summed E-state index contributed by atoms with van der Waals surface area (Å²) in [6, 6.07) is 5.60. The Kier molecular flexibility index (Phi) is 3.34. The van der Waals surface area contributed by atoms with Crippen LogP contribution >= 0.6 is 11.3 Å². The smallest absolute Gasteiger partial charge is 0.357 e. The number of aromatic carboxylic acids is 1. The predicted octanol–water partition coefficient (Wildman–Crippen LogP) is 2.16. The molecule has 5 nitrogen and oxygen atoms in total. The first-order valence-electron chi connectivity index (χ1n) is 5.01. The highest BCUT2D eigenvalue weighted by atomic mass is 32.1. The molecular formula is C11H11N3O2S. The Morgan fingerprint density at radius 2 is 2.35 bits per heavy atom. The summed E-state index contributed by atoms with van der Waals surface area (Å²) in [7, 11) is 0. The van der Waals surface area contributed by atoms with Crippen LogP contribution in [0.15, 0.2) is 24.4 Å². The van der Waals surface area contributed by atoms with Gasteiger partial charge >= 0.3 is 5.97 Å². The summed E-state index contributed by atoms with van der Waals surface area (Å²) in [5.41, 5.74) is 0.929. The van der Waals surface area contributed by atoms with Crippen LogP contribution in [0.25, 0.3) is 0 Å². The highest BCUT2D eigenvalue weighted by molar-refractivity contribution is 7.16. The van der Waals surface area contributed by atoms with E-state index in [4.69, 9.17) is 5.11 Å². The van der Waals surface area contributed by atoms with Crippen LogP contribution in [-0.2, 0) is 6.54 Å². The van der Waals surface area contributed by atoms with Crippen molar-refractivity contribution in [3.63, 3.8) is 0 Å². The Balaban J connectivity index is 2.11. The number of anilines is 1. The molecule has 0 radical (unpaired) electrons. The molecular weight excluding hydrogens is 238 g/mol. The second-order valence-electron chi connectivity index (χ2n) is 3.39. The normalized spacial score (nSPS) is 10.2. The lowest BCUT2D eigenvalue weighted by Crippen LogP contribution is -2.05. The molecule has 0 saturated heterocycles. The van der Waals surface area contributed by atoms with Crippen LogP contribution in [0.1, 0.15) is 21.2 Å². The van der Waals surface area contributed by atoms with Crippen molar-refractivity contribution in [2.45, 2.75) is 13.5 Å². The van der Waals surface area contributed by atoms with E-state index in [9.17, 15) is 4.79 Å². The lowest BCUT2D eigenvalue weighted by molar-refractivity contribution is 0.0692. The molecule has 2 N–H and O–H groups in total. The van der Waals surface area contributed by atoms with Crippen molar-refractivity contribution < 1.29 is 9.90 Å². The van der Waals surface area contributed by atoms with E-state index in [2.05, 4.69) is 15.3 Å². The zero-order valence-electron chi connectivity index (χ0n) is 9.17. The number of aryl methyl sites for hydroxylation is 1. The van der Waals surface area contributed by atoms with Crippen LogP contribution in [0.2, 0.25) is 0 Å². The van der Waals surface area contributed by atoms with E-state index in [0.717, 1.165) is 10.7 Å². The molecule has 2 heterocycles. The lowest BCUT2D eigenvalue weighted by Gasteiger charge is -2.03. The molecule has 2 rings (SSSR count). The van der Waals surface area contributed by atoms with Crippen LogP contribution in [0.3, 0.4) is 0 Å². The van der Waals surface area contributed by atoms with Crippen LogP contribution in [0, 0.1) is 6.92 Å². The lowest BCUT2D eigenvalue weighted by atomic mass is 10.3. The quantitative estimate of drug-likeness (QED) is 0.868. The van der Waals surface area contributed by atoms with Crippen LogP contribution in [0.4, 0.5) is 5.00 Å². The third-order valence-corrected chi connectivity index (χ3v) is 3.02. The number of aromatic nitrogens is 2. The fourth-order valence-corrected chi connectivity index (χ4v) is 2.17. The number of pyridine rings is 1. The van der Waals surface area contributed by atoms with Gasteiger partial charge < -0.3 is 10.4 Å². The highest BCUT2D eigenvalue weighted by Gasteiger charge is 2.15. The standard InChI is InChI=1S/C11H11N3O2S/c1-7-14-9(11(15)16)10(17-7)13-6-8-4-2-3-5-12-8/h2-5,13H,6H2,1H3,(H,15,16). The maximum Gasteiger partial charge on any atom is 0.357 e. The molecule has 0 bridgehead atoms. The van der Waals surface area contributed by atoms with Crippen molar-refractivity contribution in [1.82, 2.24) is 9.97 Å². The van der Waals surface area contributed by atoms with Gasteiger partial charge in [0.2, 0.25) is 0 Å². The molecule has 0 unspecified atom stereocenters. The summed E-state index contributed by atoms with van der Waals surface area (Å²) in [6.45, 7) is 2.27. The van der Waals surface area contributed by atoms with Crippen molar-refractivity contribution in [3.05, 3.63) is 40.8 Å². The molecule has 17 heavy (non-hydrogen) atoms. The Morgan fingerprint density at radius 3 is 3.00 bits per heavy atom.